The molecule has 0 spiro atoms. The Labute approximate surface area is 371 Å². The minimum atomic E-state index is -0.871. The molecule has 1 aliphatic rings. The summed E-state index contributed by atoms with van der Waals surface area (Å²) in [5.74, 6) is 0. The van der Waals surface area contributed by atoms with Crippen molar-refractivity contribution >= 4 is 59.3 Å². The van der Waals surface area contributed by atoms with Crippen molar-refractivity contribution in [3.63, 3.8) is 0 Å². The summed E-state index contributed by atoms with van der Waals surface area (Å²) >= 11 is 1.53. The number of anilines is 3. The highest BCUT2D eigenvalue weighted by molar-refractivity contribution is 7.26. The number of benzene rings is 10. The van der Waals surface area contributed by atoms with Gasteiger partial charge in [0.1, 0.15) is 0 Å². The molecule has 0 amide bonds. The highest BCUT2D eigenvalue weighted by Gasteiger charge is 2.47. The van der Waals surface area contributed by atoms with E-state index in [4.69, 9.17) is 0 Å². The molecule has 1 nitrogen and oxygen atoms in total. The quantitative estimate of drug-likeness (QED) is 0.155. The Morgan fingerprint density at radius 3 is 1.85 bits per heavy atom. The Bertz CT molecular complexity index is 3830. The van der Waals surface area contributed by atoms with Crippen LogP contribution >= 0.6 is 11.3 Å². The summed E-state index contributed by atoms with van der Waals surface area (Å²) in [4.78, 5) is 1.52. The van der Waals surface area contributed by atoms with Crippen molar-refractivity contribution < 1.29 is 11.0 Å². The Morgan fingerprint density at radius 1 is 0.426 bits per heavy atom. The topological polar surface area (TPSA) is 3.24 Å². The van der Waals surface area contributed by atoms with Crippen molar-refractivity contribution in [2.75, 3.05) is 4.90 Å². The van der Waals surface area contributed by atoms with E-state index in [2.05, 4.69) is 36.4 Å². The van der Waals surface area contributed by atoms with Crippen LogP contribution in [0.2, 0.25) is 0 Å². The van der Waals surface area contributed by atoms with Gasteiger partial charge in [0.05, 0.1) is 22.1 Å². The van der Waals surface area contributed by atoms with E-state index in [1.165, 1.54) is 16.2 Å². The minimum Gasteiger partial charge on any atom is -0.310 e. The van der Waals surface area contributed by atoms with E-state index in [0.717, 1.165) is 58.8 Å². The lowest BCUT2D eigenvalue weighted by Gasteiger charge is -2.34. The number of nitrogens with zero attached hydrogens (tertiary/aromatic N) is 1. The van der Waals surface area contributed by atoms with Gasteiger partial charge in [-0.25, -0.2) is 0 Å². The average molecular weight is 802 g/mol. The molecule has 61 heavy (non-hydrogen) atoms. The van der Waals surface area contributed by atoms with E-state index in [0.29, 0.717) is 22.4 Å². The van der Waals surface area contributed by atoms with Crippen LogP contribution in [0.1, 0.15) is 33.2 Å². The molecule has 1 aromatic heterocycles. The fourth-order valence-corrected chi connectivity index (χ4v) is 10.8. The van der Waals surface area contributed by atoms with Crippen LogP contribution in [0.15, 0.2) is 236 Å². The van der Waals surface area contributed by atoms with Gasteiger partial charge in [0.2, 0.25) is 0 Å². The monoisotopic (exact) mass is 801 g/mol. The summed E-state index contributed by atoms with van der Waals surface area (Å²) in [7, 11) is 0. The minimum absolute atomic E-state index is 0.123. The van der Waals surface area contributed by atoms with E-state index >= 15 is 0 Å². The summed E-state index contributed by atoms with van der Waals surface area (Å²) < 4.78 is 80.7. The van der Waals surface area contributed by atoms with Crippen LogP contribution in [0.4, 0.5) is 17.1 Å². The molecule has 0 saturated carbocycles. The number of hydrogen-bond acceptors (Lipinski definition) is 2. The fourth-order valence-electron chi connectivity index (χ4n) is 9.53. The van der Waals surface area contributed by atoms with Crippen LogP contribution in [0.5, 0.6) is 0 Å². The summed E-state index contributed by atoms with van der Waals surface area (Å²) in [5.41, 5.74) is 5.99. The number of fused-ring (bicyclic) bond motifs is 7. The summed E-state index contributed by atoms with van der Waals surface area (Å²) in [6.45, 7) is 0. The van der Waals surface area contributed by atoms with Gasteiger partial charge in [0.25, 0.3) is 0 Å². The average Bonchev–Trinajstić information content (AvgIpc) is 3.92. The van der Waals surface area contributed by atoms with E-state index < -0.39 is 17.5 Å². The second-order valence-corrected chi connectivity index (χ2v) is 16.4. The van der Waals surface area contributed by atoms with Crippen molar-refractivity contribution in [3.8, 4) is 33.4 Å². The summed E-state index contributed by atoms with van der Waals surface area (Å²) in [6.07, 6.45) is 0. The molecule has 0 saturated heterocycles. The molecule has 10 aromatic carbocycles. The first-order valence-corrected chi connectivity index (χ1v) is 21.2. The largest absolute Gasteiger partial charge is 0.310 e. The van der Waals surface area contributed by atoms with Gasteiger partial charge < -0.3 is 4.90 Å². The van der Waals surface area contributed by atoms with E-state index in [1.807, 2.05) is 152 Å². The van der Waals surface area contributed by atoms with E-state index in [9.17, 15) is 11.0 Å². The molecule has 0 fully saturated rings. The van der Waals surface area contributed by atoms with Crippen molar-refractivity contribution in [1.82, 2.24) is 0 Å². The molecule has 286 valence electrons. The molecule has 11 aromatic rings. The first-order valence-electron chi connectivity index (χ1n) is 24.4. The van der Waals surface area contributed by atoms with Gasteiger partial charge in [0, 0.05) is 37.1 Å². The van der Waals surface area contributed by atoms with Crippen molar-refractivity contribution in [2.45, 2.75) is 5.41 Å². The Kier molecular flexibility index (Phi) is 6.59. The van der Waals surface area contributed by atoms with E-state index in [1.54, 1.807) is 0 Å². The third-order valence-electron chi connectivity index (χ3n) is 12.1. The predicted octanol–water partition coefficient (Wildman–Crippen LogP) is 16.4. The lowest BCUT2D eigenvalue weighted by molar-refractivity contribution is 0.768. The van der Waals surface area contributed by atoms with Gasteiger partial charge in [-0.15, -0.1) is 11.3 Å². The van der Waals surface area contributed by atoms with Gasteiger partial charge in [-0.1, -0.05) is 200 Å². The molecule has 0 unspecified atom stereocenters. The molecule has 0 radical (unpaired) electrons. The first-order chi connectivity index (χ1) is 33.6. The zero-order valence-corrected chi connectivity index (χ0v) is 33.6. The van der Waals surface area contributed by atoms with Gasteiger partial charge in [-0.05, 0) is 97.1 Å². The van der Waals surface area contributed by atoms with Crippen molar-refractivity contribution in [1.29, 1.82) is 0 Å². The van der Waals surface area contributed by atoms with Crippen molar-refractivity contribution in [3.05, 3.63) is 259 Å². The number of hydrogen-bond donors (Lipinski definition) is 0. The molecule has 2 heteroatoms. The number of rotatable bonds is 7. The molecule has 1 aliphatic carbocycles. The van der Waals surface area contributed by atoms with Crippen LogP contribution in [-0.2, 0) is 5.41 Å². The molecule has 12 rings (SSSR count). The molecule has 1 heterocycles. The lowest BCUT2D eigenvalue weighted by atomic mass is 9.68. The third-order valence-corrected chi connectivity index (χ3v) is 13.3. The second kappa shape index (κ2) is 14.3. The molecule has 0 atom stereocenters. The smallest absolute Gasteiger partial charge is 0.0714 e. The van der Waals surface area contributed by atoms with Crippen LogP contribution in [0, 0.1) is 0 Å². The second-order valence-electron chi connectivity index (χ2n) is 15.3. The molecule has 0 aliphatic heterocycles. The Balaban J connectivity index is 1.22. The fraction of sp³-hybridized carbons (Fsp3) is 0.0169. The molecular weight excluding hydrogens is 755 g/mol. The van der Waals surface area contributed by atoms with Crippen molar-refractivity contribution in [2.24, 2.45) is 0 Å². The van der Waals surface area contributed by atoms with Gasteiger partial charge in [-0.3, -0.25) is 0 Å². The zero-order chi connectivity index (χ0) is 47.3. The maximum Gasteiger partial charge on any atom is 0.0714 e. The maximum absolute atomic E-state index is 10.3. The standard InChI is InChI=1S/C59H39NS/c1-3-20-43(21-4-1)59(44-22-5-2-6-23-44)53-31-11-9-27-52(53)57-54(59)32-16-33-55(57)60(45-37-35-41(36-38-45)48-28-14-18-40-17-7-8-25-47(40)48)46-24-13-19-42(39-46)49-29-15-30-51-50-26-10-12-34-56(50)61-58(49)51/h1-39H/i13D,19D,24D,35D,36D,37D,38D,39D. The highest BCUT2D eigenvalue weighted by Crippen LogP contribution is 2.59. The van der Waals surface area contributed by atoms with Gasteiger partial charge in [-0.2, -0.15) is 0 Å². The van der Waals surface area contributed by atoms with Crippen LogP contribution < -0.4 is 4.90 Å². The van der Waals surface area contributed by atoms with Crippen LogP contribution in [-0.4, -0.2) is 0 Å². The summed E-state index contributed by atoms with van der Waals surface area (Å²) in [6, 6.07) is 58.7. The molecular formula is C59H39NS. The Morgan fingerprint density at radius 2 is 1.03 bits per heavy atom. The third kappa shape index (κ3) is 5.53. The number of thiophene rings is 1. The normalized spacial score (nSPS) is 14.6. The molecule has 0 bridgehead atoms. The van der Waals surface area contributed by atoms with Gasteiger partial charge in [0.15, 0.2) is 0 Å². The zero-order valence-electron chi connectivity index (χ0n) is 40.8. The molecule has 0 N–H and O–H groups in total. The van der Waals surface area contributed by atoms with E-state index in [-0.39, 0.29) is 58.8 Å². The predicted molar refractivity (Wildman–Crippen MR) is 260 cm³/mol. The van der Waals surface area contributed by atoms with Gasteiger partial charge >= 0.3 is 0 Å². The maximum atomic E-state index is 10.3. The van der Waals surface area contributed by atoms with Crippen LogP contribution in [0.3, 0.4) is 0 Å². The lowest BCUT2D eigenvalue weighted by Crippen LogP contribution is -2.28. The SMILES string of the molecule is [2H]c1c([2H])c(-c2cccc3c2sc2ccccc23)c([2H])c(N(c2cccc3c2-c2ccccc2C3(c2ccccc2)c2ccccc2)c2c([2H])c([2H])c(-c3cccc4ccccc34)c([2H])c2[2H])c1[2H]. The first kappa shape index (κ1) is 28.0. The summed E-state index contributed by atoms with van der Waals surface area (Å²) in [5, 5.41) is 3.61. The highest BCUT2D eigenvalue weighted by atomic mass is 32.1. The van der Waals surface area contributed by atoms with Crippen LogP contribution in [0.25, 0.3) is 64.3 Å². The Hall–Kier alpha value is -7.52.